The van der Waals surface area contributed by atoms with Crippen LogP contribution in [0.1, 0.15) is 11.3 Å². The van der Waals surface area contributed by atoms with Gasteiger partial charge in [-0.25, -0.2) is 9.97 Å². The minimum absolute atomic E-state index is 0.180. The van der Waals surface area contributed by atoms with Crippen LogP contribution in [-0.4, -0.2) is 34.6 Å². The second-order valence-electron chi connectivity index (χ2n) is 5.95. The first-order valence-corrected chi connectivity index (χ1v) is 10.0. The molecule has 29 heavy (non-hydrogen) atoms. The molecule has 9 heteroatoms. The minimum atomic E-state index is -0.308. The second-order valence-corrected chi connectivity index (χ2v) is 7.30. The molecule has 1 N–H and O–H groups in total. The average Bonchev–Trinajstić information content (AvgIpc) is 2.74. The van der Waals surface area contributed by atoms with Crippen molar-refractivity contribution < 1.29 is 14.3 Å². The van der Waals surface area contributed by atoms with Crippen molar-refractivity contribution in [1.82, 2.24) is 15.0 Å². The smallest absolute Gasteiger partial charge is 0.262 e. The highest BCUT2D eigenvalue weighted by molar-refractivity contribution is 7.98. The summed E-state index contributed by atoms with van der Waals surface area (Å²) in [5, 5.41) is 4.00. The zero-order valence-corrected chi connectivity index (χ0v) is 17.5. The van der Waals surface area contributed by atoms with E-state index in [0.717, 1.165) is 11.3 Å². The minimum Gasteiger partial charge on any atom is -0.491 e. The number of aromatic nitrogens is 3. The lowest BCUT2D eigenvalue weighted by Crippen LogP contribution is -2.20. The molecule has 0 saturated carbocycles. The second kappa shape index (κ2) is 10.1. The summed E-state index contributed by atoms with van der Waals surface area (Å²) in [6, 6.07) is 8.82. The summed E-state index contributed by atoms with van der Waals surface area (Å²) >= 11 is 7.54. The molecule has 0 unspecified atom stereocenters. The lowest BCUT2D eigenvalue weighted by molar-refractivity contribution is -0.118. The molecule has 0 spiro atoms. The number of hydrogen-bond donors (Lipinski definition) is 1. The lowest BCUT2D eigenvalue weighted by Gasteiger charge is -2.12. The number of anilines is 1. The van der Waals surface area contributed by atoms with Crippen LogP contribution in [0.3, 0.4) is 0 Å². The van der Waals surface area contributed by atoms with E-state index >= 15 is 0 Å². The Labute approximate surface area is 177 Å². The van der Waals surface area contributed by atoms with Crippen molar-refractivity contribution in [3.63, 3.8) is 0 Å². The Bertz CT molecular complexity index is 989. The first kappa shape index (κ1) is 20.9. The van der Waals surface area contributed by atoms with Crippen molar-refractivity contribution in [2.24, 2.45) is 0 Å². The van der Waals surface area contributed by atoms with E-state index in [1.165, 1.54) is 18.9 Å². The molecule has 0 bridgehead atoms. The summed E-state index contributed by atoms with van der Waals surface area (Å²) in [7, 11) is 1.52. The fraction of sp³-hybridized carbons (Fsp3) is 0.200. The van der Waals surface area contributed by atoms with Crippen molar-refractivity contribution in [3.8, 4) is 11.5 Å². The van der Waals surface area contributed by atoms with E-state index in [1.807, 2.05) is 13.0 Å². The molecular weight excluding hydrogens is 412 g/mol. The zero-order chi connectivity index (χ0) is 20.6. The molecule has 1 amide bonds. The van der Waals surface area contributed by atoms with Gasteiger partial charge in [0, 0.05) is 34.9 Å². The maximum absolute atomic E-state index is 12.2. The Hall–Kier alpha value is -2.84. The quantitative estimate of drug-likeness (QED) is 0.424. The molecule has 2 aromatic heterocycles. The number of amides is 1. The van der Waals surface area contributed by atoms with Gasteiger partial charge in [0.25, 0.3) is 5.91 Å². The number of nitrogens with zero attached hydrogens (tertiary/aromatic N) is 3. The summed E-state index contributed by atoms with van der Waals surface area (Å²) < 4.78 is 10.9. The summed E-state index contributed by atoms with van der Waals surface area (Å²) in [5.74, 6) is 1.13. The lowest BCUT2D eigenvalue weighted by atomic mass is 10.2. The molecule has 150 valence electrons. The topological polar surface area (TPSA) is 86.2 Å². The number of rotatable bonds is 8. The molecular formula is C20H19ClN4O3S. The molecule has 7 nitrogen and oxygen atoms in total. The van der Waals surface area contributed by atoms with Gasteiger partial charge in [0.2, 0.25) is 0 Å². The molecule has 0 radical (unpaired) electrons. The number of methoxy groups -OCH3 is 1. The third-order valence-corrected chi connectivity index (χ3v) is 5.13. The fourth-order valence-electron chi connectivity index (χ4n) is 2.32. The number of thioether (sulfide) groups is 1. The van der Waals surface area contributed by atoms with Crippen LogP contribution in [0.4, 0.5) is 5.69 Å². The Morgan fingerprint density at radius 1 is 1.17 bits per heavy atom. The number of ether oxygens (including phenoxy) is 2. The van der Waals surface area contributed by atoms with Crippen LogP contribution < -0.4 is 14.8 Å². The van der Waals surface area contributed by atoms with Gasteiger partial charge in [-0.2, -0.15) is 0 Å². The Balaban J connectivity index is 1.61. The van der Waals surface area contributed by atoms with Gasteiger partial charge in [-0.15, -0.1) is 0 Å². The van der Waals surface area contributed by atoms with E-state index in [2.05, 4.69) is 20.3 Å². The van der Waals surface area contributed by atoms with E-state index in [9.17, 15) is 4.79 Å². The highest BCUT2D eigenvalue weighted by atomic mass is 35.5. The van der Waals surface area contributed by atoms with Crippen LogP contribution in [0, 0.1) is 6.92 Å². The van der Waals surface area contributed by atoms with Crippen molar-refractivity contribution in [1.29, 1.82) is 0 Å². The van der Waals surface area contributed by atoms with Gasteiger partial charge in [0.1, 0.15) is 0 Å². The van der Waals surface area contributed by atoms with Gasteiger partial charge in [0.05, 0.1) is 19.0 Å². The monoisotopic (exact) mass is 430 g/mol. The SMILES string of the molecule is COc1cnc(CSc2ncccn2)cc1OCC(=O)Nc1ccc(C)c(Cl)c1. The highest BCUT2D eigenvalue weighted by Crippen LogP contribution is 2.29. The van der Waals surface area contributed by atoms with Gasteiger partial charge < -0.3 is 14.8 Å². The van der Waals surface area contributed by atoms with Crippen molar-refractivity contribution in [2.75, 3.05) is 19.0 Å². The third-order valence-electron chi connectivity index (χ3n) is 3.81. The van der Waals surface area contributed by atoms with E-state index in [-0.39, 0.29) is 12.5 Å². The Morgan fingerprint density at radius 3 is 2.69 bits per heavy atom. The molecule has 0 aliphatic rings. The maximum Gasteiger partial charge on any atom is 0.262 e. The molecule has 1 aromatic carbocycles. The van der Waals surface area contributed by atoms with Crippen LogP contribution in [0.2, 0.25) is 5.02 Å². The van der Waals surface area contributed by atoms with E-state index in [0.29, 0.717) is 33.1 Å². The first-order chi connectivity index (χ1) is 14.0. The molecule has 3 rings (SSSR count). The molecule has 0 atom stereocenters. The largest absolute Gasteiger partial charge is 0.491 e. The van der Waals surface area contributed by atoms with Crippen LogP contribution in [0.25, 0.3) is 0 Å². The molecule has 0 fully saturated rings. The van der Waals surface area contributed by atoms with Gasteiger partial charge in [0.15, 0.2) is 23.3 Å². The summed E-state index contributed by atoms with van der Waals surface area (Å²) in [6.07, 6.45) is 4.94. The third kappa shape index (κ3) is 6.07. The average molecular weight is 431 g/mol. The zero-order valence-electron chi connectivity index (χ0n) is 15.9. The standard InChI is InChI=1S/C20H19ClN4O3S/c1-13-4-5-14(8-16(13)21)25-19(26)11-28-17-9-15(24-10-18(17)27-2)12-29-20-22-6-3-7-23-20/h3-10H,11-12H2,1-2H3,(H,25,26). The van der Waals surface area contributed by atoms with E-state index < -0.39 is 0 Å². The van der Waals surface area contributed by atoms with Crippen molar-refractivity contribution in [2.45, 2.75) is 17.8 Å². The number of benzene rings is 1. The van der Waals surface area contributed by atoms with Gasteiger partial charge in [-0.05, 0) is 30.7 Å². The van der Waals surface area contributed by atoms with Crippen LogP contribution >= 0.6 is 23.4 Å². The number of pyridine rings is 1. The number of nitrogens with one attached hydrogen (secondary N) is 1. The summed E-state index contributed by atoms with van der Waals surface area (Å²) in [6.45, 7) is 1.72. The molecule has 0 aliphatic heterocycles. The Kier molecular flexibility index (Phi) is 7.26. The molecule has 0 aliphatic carbocycles. The van der Waals surface area contributed by atoms with Gasteiger partial charge in [-0.1, -0.05) is 29.4 Å². The van der Waals surface area contributed by atoms with E-state index in [1.54, 1.807) is 42.9 Å². The summed E-state index contributed by atoms with van der Waals surface area (Å²) in [4.78, 5) is 24.9. The molecule has 3 aromatic rings. The van der Waals surface area contributed by atoms with Gasteiger partial charge in [-0.3, -0.25) is 9.78 Å². The van der Waals surface area contributed by atoms with Crippen LogP contribution in [0.15, 0.2) is 54.1 Å². The number of carbonyl (C=O) groups is 1. The fourth-order valence-corrected chi connectivity index (χ4v) is 3.21. The molecule has 2 heterocycles. The Morgan fingerprint density at radius 2 is 1.97 bits per heavy atom. The van der Waals surface area contributed by atoms with Crippen LogP contribution in [-0.2, 0) is 10.5 Å². The first-order valence-electron chi connectivity index (χ1n) is 8.66. The summed E-state index contributed by atoms with van der Waals surface area (Å²) in [5.41, 5.74) is 2.30. The van der Waals surface area contributed by atoms with Gasteiger partial charge >= 0.3 is 0 Å². The highest BCUT2D eigenvalue weighted by Gasteiger charge is 2.11. The normalized spacial score (nSPS) is 10.4. The maximum atomic E-state index is 12.2. The van der Waals surface area contributed by atoms with Crippen molar-refractivity contribution in [3.05, 3.63) is 65.2 Å². The predicted molar refractivity (Wildman–Crippen MR) is 113 cm³/mol. The van der Waals surface area contributed by atoms with Crippen molar-refractivity contribution >= 4 is 35.0 Å². The molecule has 0 saturated heterocycles. The van der Waals surface area contributed by atoms with Crippen LogP contribution in [0.5, 0.6) is 11.5 Å². The predicted octanol–water partition coefficient (Wildman–Crippen LogP) is 4.15. The number of halogens is 1. The number of carbonyl (C=O) groups excluding carboxylic acids is 1. The van der Waals surface area contributed by atoms with E-state index in [4.69, 9.17) is 21.1 Å². The number of aryl methyl sites for hydroxylation is 1. The number of hydrogen-bond acceptors (Lipinski definition) is 7.